The van der Waals surface area contributed by atoms with Gasteiger partial charge in [0.25, 0.3) is 0 Å². The zero-order valence-corrected chi connectivity index (χ0v) is 25.6. The van der Waals surface area contributed by atoms with E-state index in [2.05, 4.69) is 5.32 Å². The Balaban J connectivity index is 0.00000200. The van der Waals surface area contributed by atoms with Gasteiger partial charge in [-0.05, 0) is 29.7 Å². The number of rotatable bonds is 4. The van der Waals surface area contributed by atoms with E-state index in [1.807, 2.05) is 0 Å². The van der Waals surface area contributed by atoms with Crippen molar-refractivity contribution < 1.29 is 94.6 Å². The molecular formula is C24H14N2Na2O8S2. The fraction of sp³-hybridized carbons (Fsp3) is 0. The molecule has 4 aromatic carbocycles. The van der Waals surface area contributed by atoms with Crippen LogP contribution in [0.3, 0.4) is 0 Å². The third-order valence-electron chi connectivity index (χ3n) is 5.88. The molecule has 1 aliphatic carbocycles. The molecule has 0 saturated heterocycles. The van der Waals surface area contributed by atoms with Crippen LogP contribution in [0.1, 0.15) is 31.8 Å². The number of fused-ring (bicyclic) bond motifs is 3. The minimum absolute atomic E-state index is 0. The van der Waals surface area contributed by atoms with Crippen molar-refractivity contribution in [2.75, 3.05) is 11.1 Å². The van der Waals surface area contributed by atoms with E-state index in [0.29, 0.717) is 5.39 Å². The smallest absolute Gasteiger partial charge is 0.744 e. The van der Waals surface area contributed by atoms with Gasteiger partial charge in [-0.2, -0.15) is 0 Å². The van der Waals surface area contributed by atoms with Gasteiger partial charge in [-0.25, -0.2) is 16.8 Å². The van der Waals surface area contributed by atoms with Crippen molar-refractivity contribution >= 4 is 59.6 Å². The van der Waals surface area contributed by atoms with Crippen LogP contribution in [0.25, 0.3) is 10.8 Å². The van der Waals surface area contributed by atoms with Crippen LogP contribution in [0.15, 0.2) is 76.5 Å². The van der Waals surface area contributed by atoms with Crippen LogP contribution < -0.4 is 70.2 Å². The van der Waals surface area contributed by atoms with Gasteiger partial charge in [-0.3, -0.25) is 9.59 Å². The Hall–Kier alpha value is -2.10. The van der Waals surface area contributed by atoms with Crippen LogP contribution in [-0.2, 0) is 20.2 Å². The number of carbonyl (C=O) groups excluding carboxylic acids is 2. The molecule has 14 heteroatoms. The normalized spacial score (nSPS) is 12.7. The molecule has 182 valence electrons. The van der Waals surface area contributed by atoms with Crippen LogP contribution >= 0.6 is 0 Å². The summed E-state index contributed by atoms with van der Waals surface area (Å²) in [4.78, 5) is 25.3. The van der Waals surface area contributed by atoms with Gasteiger partial charge in [0, 0.05) is 22.2 Å². The zero-order chi connectivity index (χ0) is 26.0. The Kier molecular flexibility index (Phi) is 8.66. The van der Waals surface area contributed by atoms with E-state index in [1.165, 1.54) is 30.3 Å². The third-order valence-corrected chi connectivity index (χ3v) is 7.59. The zero-order valence-electron chi connectivity index (χ0n) is 20.0. The van der Waals surface area contributed by atoms with Crippen LogP contribution in [0.2, 0.25) is 0 Å². The van der Waals surface area contributed by atoms with Crippen LogP contribution in [-0.4, -0.2) is 37.5 Å². The third kappa shape index (κ3) is 5.21. The van der Waals surface area contributed by atoms with Gasteiger partial charge < -0.3 is 20.2 Å². The molecule has 0 spiro atoms. The number of nitrogen functional groups attached to an aromatic ring is 1. The van der Waals surface area contributed by atoms with E-state index in [1.54, 1.807) is 18.2 Å². The Bertz CT molecular complexity index is 1870. The minimum atomic E-state index is -5.17. The second-order valence-electron chi connectivity index (χ2n) is 8.01. The number of benzene rings is 4. The van der Waals surface area contributed by atoms with Crippen molar-refractivity contribution in [2.24, 2.45) is 0 Å². The number of ketones is 2. The summed E-state index contributed by atoms with van der Waals surface area (Å²) in [6, 6.07) is 15.1. The van der Waals surface area contributed by atoms with Gasteiger partial charge in [0.1, 0.15) is 20.2 Å². The summed E-state index contributed by atoms with van der Waals surface area (Å²) >= 11 is 0. The summed E-state index contributed by atoms with van der Waals surface area (Å²) in [5.74, 6) is -1.36. The molecule has 0 saturated carbocycles. The number of hydrogen-bond acceptors (Lipinski definition) is 10. The summed E-state index contributed by atoms with van der Waals surface area (Å²) in [5.41, 5.74) is 4.67. The Morgan fingerprint density at radius 3 is 1.87 bits per heavy atom. The van der Waals surface area contributed by atoms with Crippen molar-refractivity contribution in [3.8, 4) is 0 Å². The van der Waals surface area contributed by atoms with E-state index < -0.39 is 52.8 Å². The first kappa shape index (κ1) is 30.4. The van der Waals surface area contributed by atoms with Crippen molar-refractivity contribution in [3.05, 3.63) is 89.0 Å². The topological polar surface area (TPSA) is 187 Å². The van der Waals surface area contributed by atoms with E-state index in [-0.39, 0.29) is 92.6 Å². The van der Waals surface area contributed by atoms with Crippen molar-refractivity contribution in [1.29, 1.82) is 0 Å². The largest absolute Gasteiger partial charge is 1.00 e. The minimum Gasteiger partial charge on any atom is -0.744 e. The molecule has 38 heavy (non-hydrogen) atoms. The predicted molar refractivity (Wildman–Crippen MR) is 127 cm³/mol. The fourth-order valence-corrected chi connectivity index (χ4v) is 5.39. The molecule has 4 aromatic rings. The molecule has 0 amide bonds. The number of anilines is 3. The van der Waals surface area contributed by atoms with Gasteiger partial charge >= 0.3 is 59.1 Å². The molecule has 0 atom stereocenters. The number of nitrogens with two attached hydrogens (primary N) is 1. The summed E-state index contributed by atoms with van der Waals surface area (Å²) in [5, 5.41) is 3.61. The van der Waals surface area contributed by atoms with E-state index in [9.17, 15) is 35.5 Å². The molecule has 5 rings (SSSR count). The molecule has 0 radical (unpaired) electrons. The fourth-order valence-electron chi connectivity index (χ4n) is 4.26. The first-order valence-electron chi connectivity index (χ1n) is 10.2. The molecule has 0 unspecified atom stereocenters. The van der Waals surface area contributed by atoms with Crippen molar-refractivity contribution in [3.63, 3.8) is 0 Å². The maximum absolute atomic E-state index is 13.4. The first-order chi connectivity index (χ1) is 16.9. The maximum Gasteiger partial charge on any atom is 1.00 e. The summed E-state index contributed by atoms with van der Waals surface area (Å²) < 4.78 is 70.6. The van der Waals surface area contributed by atoms with Crippen molar-refractivity contribution in [2.45, 2.75) is 9.79 Å². The second kappa shape index (κ2) is 10.8. The quantitative estimate of drug-likeness (QED) is 0.127. The average molecular weight is 568 g/mol. The molecule has 0 aromatic heterocycles. The summed E-state index contributed by atoms with van der Waals surface area (Å²) in [7, 11) is -9.96. The molecule has 0 aliphatic heterocycles. The van der Waals surface area contributed by atoms with Gasteiger partial charge in [0.2, 0.25) is 0 Å². The number of nitrogens with one attached hydrogen (secondary N) is 1. The summed E-state index contributed by atoms with van der Waals surface area (Å²) in [6.45, 7) is 0. The van der Waals surface area contributed by atoms with E-state index >= 15 is 0 Å². The van der Waals surface area contributed by atoms with Gasteiger partial charge in [0.15, 0.2) is 11.6 Å². The molecule has 0 fully saturated rings. The molecule has 1 aliphatic rings. The van der Waals surface area contributed by atoms with Gasteiger partial charge in [-0.1, -0.05) is 42.5 Å². The molecule has 0 bridgehead atoms. The molecule has 0 heterocycles. The number of hydrogen-bond donors (Lipinski definition) is 2. The van der Waals surface area contributed by atoms with Gasteiger partial charge in [-0.15, -0.1) is 0 Å². The monoisotopic (exact) mass is 568 g/mol. The second-order valence-corrected chi connectivity index (χ2v) is 10.7. The maximum atomic E-state index is 13.4. The Morgan fingerprint density at radius 1 is 0.684 bits per heavy atom. The van der Waals surface area contributed by atoms with Crippen molar-refractivity contribution in [1.82, 2.24) is 0 Å². The number of carbonyl (C=O) groups is 2. The van der Waals surface area contributed by atoms with E-state index in [4.69, 9.17) is 5.73 Å². The van der Waals surface area contributed by atoms with Gasteiger partial charge in [0.05, 0.1) is 32.3 Å². The average Bonchev–Trinajstić information content (AvgIpc) is 2.82. The van der Waals surface area contributed by atoms with Crippen LogP contribution in [0.4, 0.5) is 17.1 Å². The first-order valence-corrected chi connectivity index (χ1v) is 13.1. The summed E-state index contributed by atoms with van der Waals surface area (Å²) in [6.07, 6.45) is 0. The van der Waals surface area contributed by atoms with E-state index in [0.717, 1.165) is 18.2 Å². The van der Waals surface area contributed by atoms with Crippen LogP contribution in [0, 0.1) is 0 Å². The standard InChI is InChI=1S/C24H16N2O8S2.2Na/c25-22-19(36(32,33)34)11-18(20-21(22)24(28)15-6-2-1-5-14(15)23(20)27)26-17-7-3-4-12-8-9-13(10-16(12)17)35(29,30)31;;/h1-11,26H,25H2,(H,29,30,31)(H,32,33,34);;/q;2*+1/p-2. The predicted octanol–water partition coefficient (Wildman–Crippen LogP) is -3.24. The van der Waals surface area contributed by atoms with Crippen LogP contribution in [0.5, 0.6) is 0 Å². The molecule has 10 nitrogen and oxygen atoms in total. The Morgan fingerprint density at radius 2 is 1.29 bits per heavy atom. The SMILES string of the molecule is Nc1c(S(=O)(=O)[O-])cc(Nc2cccc3ccc(S(=O)(=O)[O-])cc23)c2c1C(=O)c1ccccc1C2=O.[Na+].[Na+]. The Labute approximate surface area is 261 Å². The molecule has 3 N–H and O–H groups in total. The molecular weight excluding hydrogens is 554 g/mol.